The van der Waals surface area contributed by atoms with Crippen molar-refractivity contribution in [2.24, 2.45) is 0 Å². The molecule has 156 valence electrons. The summed E-state index contributed by atoms with van der Waals surface area (Å²) in [4.78, 5) is 28.2. The number of hydrogen-bond acceptors (Lipinski definition) is 7. The summed E-state index contributed by atoms with van der Waals surface area (Å²) in [5.41, 5.74) is 0. The molecular formula is C18H20ClN3O6S. The Hall–Kier alpha value is -2.69. The molecule has 1 aromatic heterocycles. The van der Waals surface area contributed by atoms with Gasteiger partial charge in [0.1, 0.15) is 17.6 Å². The molecule has 2 aromatic rings. The summed E-state index contributed by atoms with van der Waals surface area (Å²) < 4.78 is 37.0. The Morgan fingerprint density at radius 1 is 1.10 bits per heavy atom. The zero-order chi connectivity index (χ0) is 21.6. The monoisotopic (exact) mass is 441 g/mol. The molecule has 0 radical (unpaired) electrons. The van der Waals surface area contributed by atoms with E-state index in [-0.39, 0.29) is 10.7 Å². The van der Waals surface area contributed by atoms with Crippen molar-refractivity contribution in [3.05, 3.63) is 47.6 Å². The van der Waals surface area contributed by atoms with Crippen LogP contribution in [0, 0.1) is 0 Å². The Morgan fingerprint density at radius 3 is 2.31 bits per heavy atom. The number of amides is 1. The van der Waals surface area contributed by atoms with Gasteiger partial charge in [-0.2, -0.15) is 4.72 Å². The summed E-state index contributed by atoms with van der Waals surface area (Å²) in [6, 6.07) is 7.45. The number of rotatable bonds is 8. The fraction of sp³-hybridized carbons (Fsp3) is 0.278. The number of sulfonamides is 1. The van der Waals surface area contributed by atoms with Crippen molar-refractivity contribution in [3.63, 3.8) is 0 Å². The highest BCUT2D eigenvalue weighted by Crippen LogP contribution is 2.16. The number of hydrogen-bond donors (Lipinski definition) is 2. The van der Waals surface area contributed by atoms with Gasteiger partial charge in [-0.05, 0) is 50.2 Å². The topological polar surface area (TPSA) is 124 Å². The normalized spacial score (nSPS) is 13.2. The van der Waals surface area contributed by atoms with Crippen LogP contribution in [0.3, 0.4) is 0 Å². The van der Waals surface area contributed by atoms with Gasteiger partial charge in [0.25, 0.3) is 5.91 Å². The largest absolute Gasteiger partial charge is 0.497 e. The number of pyridine rings is 1. The van der Waals surface area contributed by atoms with Crippen LogP contribution in [0.25, 0.3) is 0 Å². The second-order valence-corrected chi connectivity index (χ2v) is 8.10. The number of methoxy groups -OCH3 is 1. The molecule has 0 fully saturated rings. The second kappa shape index (κ2) is 9.68. The van der Waals surface area contributed by atoms with Gasteiger partial charge in [-0.3, -0.25) is 9.59 Å². The Kier molecular flexibility index (Phi) is 7.54. The van der Waals surface area contributed by atoms with E-state index in [9.17, 15) is 18.0 Å². The minimum Gasteiger partial charge on any atom is -0.497 e. The first-order valence-corrected chi connectivity index (χ1v) is 10.3. The van der Waals surface area contributed by atoms with Crippen LogP contribution >= 0.6 is 11.6 Å². The van der Waals surface area contributed by atoms with E-state index in [1.807, 2.05) is 0 Å². The number of benzene rings is 1. The van der Waals surface area contributed by atoms with E-state index in [2.05, 4.69) is 15.0 Å². The maximum Gasteiger partial charge on any atom is 0.324 e. The van der Waals surface area contributed by atoms with E-state index in [4.69, 9.17) is 21.1 Å². The van der Waals surface area contributed by atoms with Crippen LogP contribution in [0.2, 0.25) is 5.02 Å². The van der Waals surface area contributed by atoms with Crippen LogP contribution in [0.15, 0.2) is 47.5 Å². The van der Waals surface area contributed by atoms with Crippen molar-refractivity contribution < 1.29 is 27.5 Å². The van der Waals surface area contributed by atoms with Crippen molar-refractivity contribution in [2.45, 2.75) is 30.9 Å². The molecule has 0 aliphatic heterocycles. The molecule has 9 nitrogen and oxygen atoms in total. The van der Waals surface area contributed by atoms with E-state index in [1.54, 1.807) is 0 Å². The van der Waals surface area contributed by atoms with Gasteiger partial charge in [-0.25, -0.2) is 13.4 Å². The van der Waals surface area contributed by atoms with Crippen molar-refractivity contribution in [2.75, 3.05) is 12.4 Å². The molecule has 1 aromatic carbocycles. The number of anilines is 1. The minimum atomic E-state index is -3.97. The van der Waals surface area contributed by atoms with Crippen LogP contribution < -0.4 is 14.8 Å². The molecule has 2 N–H and O–H groups in total. The molecular weight excluding hydrogens is 422 g/mol. The summed E-state index contributed by atoms with van der Waals surface area (Å²) in [5.74, 6) is -0.811. The van der Waals surface area contributed by atoms with Crippen molar-refractivity contribution >= 4 is 39.3 Å². The number of carbonyl (C=O) groups excluding carboxylic acids is 2. The zero-order valence-electron chi connectivity index (χ0n) is 15.9. The summed E-state index contributed by atoms with van der Waals surface area (Å²) in [5, 5.41) is 2.86. The molecule has 0 aliphatic carbocycles. The highest BCUT2D eigenvalue weighted by atomic mass is 35.5. The summed E-state index contributed by atoms with van der Waals surface area (Å²) in [6.45, 7) is 2.67. The molecule has 11 heteroatoms. The molecule has 0 saturated heterocycles. The third-order valence-corrected chi connectivity index (χ3v) is 5.48. The zero-order valence-corrected chi connectivity index (χ0v) is 17.5. The van der Waals surface area contributed by atoms with Crippen LogP contribution in [0.5, 0.6) is 5.75 Å². The van der Waals surface area contributed by atoms with E-state index in [0.717, 1.165) is 0 Å². The van der Waals surface area contributed by atoms with Gasteiger partial charge in [-0.1, -0.05) is 11.6 Å². The summed E-state index contributed by atoms with van der Waals surface area (Å²) in [6.07, 6.45) is 0.178. The predicted octanol–water partition coefficient (Wildman–Crippen LogP) is 1.98. The summed E-state index contributed by atoms with van der Waals surface area (Å²) >= 11 is 5.72. The van der Waals surface area contributed by atoms with Crippen molar-refractivity contribution in [3.8, 4) is 5.75 Å². The highest BCUT2D eigenvalue weighted by Gasteiger charge is 2.26. The first-order chi connectivity index (χ1) is 13.6. The van der Waals surface area contributed by atoms with E-state index < -0.39 is 34.0 Å². The van der Waals surface area contributed by atoms with Crippen LogP contribution in [-0.4, -0.2) is 44.5 Å². The number of aromatic nitrogens is 1. The molecule has 0 bridgehead atoms. The number of halogens is 1. The molecule has 1 heterocycles. The van der Waals surface area contributed by atoms with Crippen LogP contribution in [0.4, 0.5) is 5.82 Å². The number of nitrogens with one attached hydrogen (secondary N) is 2. The third-order valence-electron chi connectivity index (χ3n) is 3.70. The van der Waals surface area contributed by atoms with Gasteiger partial charge < -0.3 is 14.8 Å². The maximum absolute atomic E-state index is 12.4. The van der Waals surface area contributed by atoms with Crippen molar-refractivity contribution in [1.29, 1.82) is 0 Å². The van der Waals surface area contributed by atoms with Gasteiger partial charge in [0, 0.05) is 6.20 Å². The first kappa shape index (κ1) is 22.6. The van der Waals surface area contributed by atoms with Crippen LogP contribution in [-0.2, 0) is 24.3 Å². The van der Waals surface area contributed by atoms with E-state index in [0.29, 0.717) is 10.8 Å². The maximum atomic E-state index is 12.4. The van der Waals surface area contributed by atoms with Gasteiger partial charge in [0.2, 0.25) is 10.0 Å². The Balaban J connectivity index is 1.94. The first-order valence-electron chi connectivity index (χ1n) is 8.41. The Bertz CT molecular complexity index is 964. The average Bonchev–Trinajstić information content (AvgIpc) is 2.69. The van der Waals surface area contributed by atoms with Gasteiger partial charge >= 0.3 is 5.97 Å². The van der Waals surface area contributed by atoms with E-state index in [1.165, 1.54) is 63.6 Å². The molecule has 1 amide bonds. The molecule has 0 saturated carbocycles. The molecule has 29 heavy (non-hydrogen) atoms. The smallest absolute Gasteiger partial charge is 0.324 e. The van der Waals surface area contributed by atoms with E-state index >= 15 is 0 Å². The lowest BCUT2D eigenvalue weighted by atomic mass is 10.3. The lowest BCUT2D eigenvalue weighted by Gasteiger charge is -2.17. The predicted molar refractivity (Wildman–Crippen MR) is 106 cm³/mol. The number of ether oxygens (including phenoxy) is 2. The van der Waals surface area contributed by atoms with Gasteiger partial charge in [0.05, 0.1) is 17.0 Å². The number of carbonyl (C=O) groups is 2. The standard InChI is InChI=1S/C18H20ClN3O6S/c1-11(22-29(25,26)15-7-5-14(27-3)6-8-15)18(24)28-12(2)17(23)21-16-9-4-13(19)10-20-16/h4-12,22H,1-3H3,(H,20,21,23)/t11-,12?/m0/s1. The average molecular weight is 442 g/mol. The lowest BCUT2D eigenvalue weighted by Crippen LogP contribution is -2.42. The summed E-state index contributed by atoms with van der Waals surface area (Å²) in [7, 11) is -2.51. The SMILES string of the molecule is COc1ccc(S(=O)(=O)N[C@@H](C)C(=O)OC(C)C(=O)Nc2ccc(Cl)cn2)cc1. The fourth-order valence-electron chi connectivity index (χ4n) is 2.11. The fourth-order valence-corrected chi connectivity index (χ4v) is 3.42. The quantitative estimate of drug-likeness (QED) is 0.600. The second-order valence-electron chi connectivity index (χ2n) is 5.95. The van der Waals surface area contributed by atoms with Crippen LogP contribution in [0.1, 0.15) is 13.8 Å². The lowest BCUT2D eigenvalue weighted by molar-refractivity contribution is -0.154. The number of nitrogens with zero attached hydrogens (tertiary/aromatic N) is 1. The Labute approximate surface area is 173 Å². The minimum absolute atomic E-state index is 0.0439. The molecule has 0 spiro atoms. The molecule has 0 aliphatic rings. The van der Waals surface area contributed by atoms with Gasteiger partial charge in [-0.15, -0.1) is 0 Å². The highest BCUT2D eigenvalue weighted by molar-refractivity contribution is 7.89. The number of esters is 1. The Morgan fingerprint density at radius 2 is 1.76 bits per heavy atom. The molecule has 2 atom stereocenters. The van der Waals surface area contributed by atoms with Gasteiger partial charge in [0.15, 0.2) is 6.10 Å². The van der Waals surface area contributed by atoms with Crippen molar-refractivity contribution in [1.82, 2.24) is 9.71 Å². The third kappa shape index (κ3) is 6.41. The molecule has 2 rings (SSSR count). The molecule has 1 unspecified atom stereocenters.